The predicted molar refractivity (Wildman–Crippen MR) is 95.4 cm³/mol. The van der Waals surface area contributed by atoms with Gasteiger partial charge in [0.05, 0.1) is 13.0 Å². The topological polar surface area (TPSA) is 29.5 Å². The summed E-state index contributed by atoms with van der Waals surface area (Å²) in [4.78, 5) is 14.0. The second-order valence-electron chi connectivity index (χ2n) is 5.39. The average Bonchev–Trinajstić information content (AvgIpc) is 2.56. The fraction of sp³-hybridized carbons (Fsp3) is 0.250. The number of esters is 1. The van der Waals surface area contributed by atoms with Gasteiger partial charge < -0.3 is 9.64 Å². The molecule has 0 saturated heterocycles. The second kappa shape index (κ2) is 8.79. The standard InChI is InChI=1S/C20H23NO2/c1-3-23-20(22)15-18(14-17-10-6-4-7-11-17)16-21(2)19-12-8-5-9-13-19/h4-14H,3,15-16H2,1-2H3/b18-14-. The summed E-state index contributed by atoms with van der Waals surface area (Å²) in [6, 6.07) is 20.2. The predicted octanol–water partition coefficient (Wildman–Crippen LogP) is 4.16. The first kappa shape index (κ1) is 16.8. The summed E-state index contributed by atoms with van der Waals surface area (Å²) in [5.41, 5.74) is 3.24. The van der Waals surface area contributed by atoms with Crippen LogP contribution in [-0.2, 0) is 9.53 Å². The SMILES string of the molecule is CCOC(=O)C/C(=C/c1ccccc1)CN(C)c1ccccc1. The molecule has 0 aromatic heterocycles. The summed E-state index contributed by atoms with van der Waals surface area (Å²) in [6.07, 6.45) is 2.37. The third-order valence-electron chi connectivity index (χ3n) is 3.48. The third kappa shape index (κ3) is 5.62. The minimum Gasteiger partial charge on any atom is -0.466 e. The summed E-state index contributed by atoms with van der Waals surface area (Å²) in [6.45, 7) is 2.91. The minimum atomic E-state index is -0.184. The largest absolute Gasteiger partial charge is 0.466 e. The van der Waals surface area contributed by atoms with Gasteiger partial charge in [-0.25, -0.2) is 0 Å². The second-order valence-corrected chi connectivity index (χ2v) is 5.39. The first-order chi connectivity index (χ1) is 11.2. The summed E-state index contributed by atoms with van der Waals surface area (Å²) in [5.74, 6) is -0.184. The van der Waals surface area contributed by atoms with Crippen LogP contribution >= 0.6 is 0 Å². The summed E-state index contributed by atoms with van der Waals surface area (Å²) < 4.78 is 5.10. The zero-order chi connectivity index (χ0) is 16.5. The van der Waals surface area contributed by atoms with E-state index in [0.29, 0.717) is 19.6 Å². The quantitative estimate of drug-likeness (QED) is 0.719. The highest BCUT2D eigenvalue weighted by Crippen LogP contribution is 2.17. The monoisotopic (exact) mass is 309 g/mol. The Morgan fingerprint density at radius 3 is 2.26 bits per heavy atom. The van der Waals surface area contributed by atoms with E-state index >= 15 is 0 Å². The molecule has 0 aliphatic carbocycles. The molecule has 0 radical (unpaired) electrons. The summed E-state index contributed by atoms with van der Waals surface area (Å²) in [5, 5.41) is 0. The maximum absolute atomic E-state index is 11.9. The molecule has 2 aromatic carbocycles. The summed E-state index contributed by atoms with van der Waals surface area (Å²) in [7, 11) is 2.03. The number of hydrogen-bond donors (Lipinski definition) is 0. The lowest BCUT2D eigenvalue weighted by atomic mass is 10.1. The van der Waals surface area contributed by atoms with Crippen molar-refractivity contribution in [2.45, 2.75) is 13.3 Å². The van der Waals surface area contributed by atoms with Gasteiger partial charge in [0.1, 0.15) is 0 Å². The molecule has 120 valence electrons. The van der Waals surface area contributed by atoms with Crippen LogP contribution in [0.1, 0.15) is 18.9 Å². The van der Waals surface area contributed by atoms with E-state index in [1.54, 1.807) is 0 Å². The highest BCUT2D eigenvalue weighted by molar-refractivity contribution is 5.75. The van der Waals surface area contributed by atoms with Crippen molar-refractivity contribution in [2.24, 2.45) is 0 Å². The first-order valence-electron chi connectivity index (χ1n) is 7.85. The van der Waals surface area contributed by atoms with E-state index < -0.39 is 0 Å². The molecule has 0 unspecified atom stereocenters. The van der Waals surface area contributed by atoms with Gasteiger partial charge in [-0.2, -0.15) is 0 Å². The van der Waals surface area contributed by atoms with Crippen molar-refractivity contribution in [1.82, 2.24) is 0 Å². The number of para-hydroxylation sites is 1. The van der Waals surface area contributed by atoms with Gasteiger partial charge in [0.15, 0.2) is 0 Å². The first-order valence-corrected chi connectivity index (χ1v) is 7.85. The number of anilines is 1. The van der Waals surface area contributed by atoms with Gasteiger partial charge in [-0.05, 0) is 30.2 Å². The molecular formula is C20H23NO2. The highest BCUT2D eigenvalue weighted by Gasteiger charge is 2.10. The molecule has 0 spiro atoms. The van der Waals surface area contributed by atoms with Crippen molar-refractivity contribution in [3.05, 3.63) is 71.8 Å². The summed E-state index contributed by atoms with van der Waals surface area (Å²) >= 11 is 0. The van der Waals surface area contributed by atoms with Crippen LogP contribution in [-0.4, -0.2) is 26.2 Å². The minimum absolute atomic E-state index is 0.184. The van der Waals surface area contributed by atoms with Gasteiger partial charge in [0.2, 0.25) is 0 Å². The molecule has 23 heavy (non-hydrogen) atoms. The van der Waals surface area contributed by atoms with Crippen LogP contribution in [0.3, 0.4) is 0 Å². The maximum atomic E-state index is 11.9. The smallest absolute Gasteiger partial charge is 0.309 e. The van der Waals surface area contributed by atoms with Crippen molar-refractivity contribution in [2.75, 3.05) is 25.1 Å². The number of benzene rings is 2. The lowest BCUT2D eigenvalue weighted by Gasteiger charge is -2.21. The van der Waals surface area contributed by atoms with Crippen molar-refractivity contribution in [3.63, 3.8) is 0 Å². The van der Waals surface area contributed by atoms with E-state index in [9.17, 15) is 4.79 Å². The van der Waals surface area contributed by atoms with Gasteiger partial charge in [-0.15, -0.1) is 0 Å². The molecule has 2 rings (SSSR count). The van der Waals surface area contributed by atoms with E-state index in [0.717, 1.165) is 16.8 Å². The molecule has 0 saturated carbocycles. The zero-order valence-corrected chi connectivity index (χ0v) is 13.7. The number of rotatable bonds is 7. The lowest BCUT2D eigenvalue weighted by Crippen LogP contribution is -2.21. The fourth-order valence-electron chi connectivity index (χ4n) is 2.41. The van der Waals surface area contributed by atoms with E-state index in [4.69, 9.17) is 4.74 Å². The number of carbonyl (C=O) groups is 1. The molecule has 0 heterocycles. The van der Waals surface area contributed by atoms with Crippen LogP contribution in [0.2, 0.25) is 0 Å². The van der Waals surface area contributed by atoms with Crippen molar-refractivity contribution < 1.29 is 9.53 Å². The lowest BCUT2D eigenvalue weighted by molar-refractivity contribution is -0.142. The Morgan fingerprint density at radius 1 is 1.04 bits per heavy atom. The van der Waals surface area contributed by atoms with Crippen molar-refractivity contribution >= 4 is 17.7 Å². The van der Waals surface area contributed by atoms with Crippen LogP contribution in [0.15, 0.2) is 66.2 Å². The molecule has 0 N–H and O–H groups in total. The van der Waals surface area contributed by atoms with E-state index in [1.807, 2.05) is 62.5 Å². The molecule has 0 bridgehead atoms. The molecule has 3 nitrogen and oxygen atoms in total. The van der Waals surface area contributed by atoms with Gasteiger partial charge in [0.25, 0.3) is 0 Å². The number of likely N-dealkylation sites (N-methyl/N-ethyl adjacent to an activating group) is 1. The molecule has 0 aliphatic rings. The molecule has 3 heteroatoms. The Balaban J connectivity index is 2.16. The van der Waals surface area contributed by atoms with E-state index in [-0.39, 0.29) is 5.97 Å². The zero-order valence-electron chi connectivity index (χ0n) is 13.7. The molecule has 0 fully saturated rings. The van der Waals surface area contributed by atoms with Gasteiger partial charge in [0, 0.05) is 19.3 Å². The molecule has 2 aromatic rings. The Hall–Kier alpha value is -2.55. The Morgan fingerprint density at radius 2 is 1.65 bits per heavy atom. The average molecular weight is 309 g/mol. The molecule has 0 aliphatic heterocycles. The Labute approximate surface area is 138 Å². The fourth-order valence-corrected chi connectivity index (χ4v) is 2.41. The van der Waals surface area contributed by atoms with Crippen molar-refractivity contribution in [1.29, 1.82) is 0 Å². The van der Waals surface area contributed by atoms with E-state index in [2.05, 4.69) is 23.1 Å². The number of ether oxygens (including phenoxy) is 1. The van der Waals surface area contributed by atoms with Crippen LogP contribution < -0.4 is 4.90 Å². The van der Waals surface area contributed by atoms with Gasteiger partial charge in [-0.1, -0.05) is 54.6 Å². The van der Waals surface area contributed by atoms with Crippen molar-refractivity contribution in [3.8, 4) is 0 Å². The number of hydrogen-bond acceptors (Lipinski definition) is 3. The normalized spacial score (nSPS) is 11.1. The van der Waals surface area contributed by atoms with Crippen LogP contribution in [0.25, 0.3) is 6.08 Å². The van der Waals surface area contributed by atoms with E-state index in [1.165, 1.54) is 0 Å². The maximum Gasteiger partial charge on any atom is 0.309 e. The van der Waals surface area contributed by atoms with Crippen LogP contribution in [0, 0.1) is 0 Å². The number of nitrogens with zero attached hydrogens (tertiary/aromatic N) is 1. The van der Waals surface area contributed by atoms with Crippen LogP contribution in [0.5, 0.6) is 0 Å². The van der Waals surface area contributed by atoms with Gasteiger partial charge in [-0.3, -0.25) is 4.79 Å². The Bertz CT molecular complexity index is 635. The van der Waals surface area contributed by atoms with Gasteiger partial charge >= 0.3 is 5.97 Å². The highest BCUT2D eigenvalue weighted by atomic mass is 16.5. The molecule has 0 atom stereocenters. The molecule has 0 amide bonds. The number of carbonyl (C=O) groups excluding carboxylic acids is 1. The Kier molecular flexibility index (Phi) is 6.42. The molecular weight excluding hydrogens is 286 g/mol. The van der Waals surface area contributed by atoms with Crippen LogP contribution in [0.4, 0.5) is 5.69 Å². The third-order valence-corrected chi connectivity index (χ3v) is 3.48.